The van der Waals surface area contributed by atoms with Crippen LogP contribution >= 0.6 is 0 Å². The van der Waals surface area contributed by atoms with Gasteiger partial charge in [-0.05, 0) is 39.0 Å². The predicted molar refractivity (Wildman–Crippen MR) is 60.5 cm³/mol. The minimum absolute atomic E-state index is 0.133. The van der Waals surface area contributed by atoms with E-state index in [9.17, 15) is 9.59 Å². The molecular weight excluding hydrogens is 222 g/mol. The molecule has 17 heavy (non-hydrogen) atoms. The van der Waals surface area contributed by atoms with E-state index in [1.165, 1.54) is 0 Å². The molecule has 0 bridgehead atoms. The number of ether oxygens (including phenoxy) is 1. The van der Waals surface area contributed by atoms with Gasteiger partial charge in [-0.3, -0.25) is 4.79 Å². The van der Waals surface area contributed by atoms with Crippen LogP contribution in [0.25, 0.3) is 0 Å². The van der Waals surface area contributed by atoms with Crippen molar-refractivity contribution in [3.8, 4) is 0 Å². The molecule has 2 fully saturated rings. The molecular formula is C12H19NO4. The van der Waals surface area contributed by atoms with Gasteiger partial charge in [-0.2, -0.15) is 0 Å². The SMILES string of the molecule is CC(C)(C)OC(=O)N1CC[C@H]2[C@@H](C1)[C@H]2C(=O)O. The van der Waals surface area contributed by atoms with Crippen LogP contribution in [0.4, 0.5) is 4.79 Å². The van der Waals surface area contributed by atoms with Crippen molar-refractivity contribution >= 4 is 12.1 Å². The number of nitrogens with zero attached hydrogens (tertiary/aromatic N) is 1. The van der Waals surface area contributed by atoms with E-state index >= 15 is 0 Å². The molecule has 0 aromatic heterocycles. The van der Waals surface area contributed by atoms with Crippen LogP contribution in [0.2, 0.25) is 0 Å². The number of amides is 1. The first-order valence-corrected chi connectivity index (χ1v) is 6.00. The molecule has 1 saturated heterocycles. The van der Waals surface area contributed by atoms with Gasteiger partial charge in [0.05, 0.1) is 5.92 Å². The number of piperidine rings is 1. The summed E-state index contributed by atoms with van der Waals surface area (Å²) in [5.41, 5.74) is -0.496. The number of hydrogen-bond donors (Lipinski definition) is 1. The van der Waals surface area contributed by atoms with Gasteiger partial charge in [0.15, 0.2) is 0 Å². The minimum Gasteiger partial charge on any atom is -0.481 e. The molecule has 0 radical (unpaired) electrons. The van der Waals surface area contributed by atoms with E-state index in [1.54, 1.807) is 4.90 Å². The third-order valence-electron chi connectivity index (χ3n) is 3.43. The first-order valence-electron chi connectivity index (χ1n) is 6.00. The summed E-state index contributed by atoms with van der Waals surface area (Å²) in [6.45, 7) is 6.62. The lowest BCUT2D eigenvalue weighted by Gasteiger charge is -2.29. The minimum atomic E-state index is -0.731. The number of likely N-dealkylation sites (tertiary alicyclic amines) is 1. The monoisotopic (exact) mass is 241 g/mol. The second-order valence-electron chi connectivity index (χ2n) is 5.91. The summed E-state index contributed by atoms with van der Waals surface area (Å²) in [6.07, 6.45) is 0.452. The Morgan fingerprint density at radius 1 is 1.29 bits per heavy atom. The molecule has 0 unspecified atom stereocenters. The largest absolute Gasteiger partial charge is 0.481 e. The number of rotatable bonds is 1. The van der Waals surface area contributed by atoms with Crippen LogP contribution in [0.15, 0.2) is 0 Å². The van der Waals surface area contributed by atoms with Gasteiger partial charge in [-0.15, -0.1) is 0 Å². The number of hydrogen-bond acceptors (Lipinski definition) is 3. The third-order valence-corrected chi connectivity index (χ3v) is 3.43. The van der Waals surface area contributed by atoms with Gasteiger partial charge in [0.1, 0.15) is 5.60 Å². The van der Waals surface area contributed by atoms with Crippen molar-refractivity contribution in [1.82, 2.24) is 4.90 Å². The number of carbonyl (C=O) groups is 2. The maximum Gasteiger partial charge on any atom is 0.410 e. The quantitative estimate of drug-likeness (QED) is 0.756. The molecule has 96 valence electrons. The highest BCUT2D eigenvalue weighted by atomic mass is 16.6. The van der Waals surface area contributed by atoms with Crippen LogP contribution in [-0.4, -0.2) is 40.8 Å². The van der Waals surface area contributed by atoms with Crippen molar-refractivity contribution in [3.05, 3.63) is 0 Å². The van der Waals surface area contributed by atoms with Gasteiger partial charge in [-0.25, -0.2) is 4.79 Å². The Morgan fingerprint density at radius 3 is 2.47 bits per heavy atom. The Morgan fingerprint density at radius 2 is 1.94 bits per heavy atom. The number of carbonyl (C=O) groups excluding carboxylic acids is 1. The highest BCUT2D eigenvalue weighted by molar-refractivity contribution is 5.75. The molecule has 1 aliphatic heterocycles. The Hall–Kier alpha value is -1.26. The van der Waals surface area contributed by atoms with Crippen molar-refractivity contribution in [1.29, 1.82) is 0 Å². The average Bonchev–Trinajstić information content (AvgIpc) is 2.87. The van der Waals surface area contributed by atoms with Crippen molar-refractivity contribution in [2.24, 2.45) is 17.8 Å². The van der Waals surface area contributed by atoms with E-state index in [-0.39, 0.29) is 23.8 Å². The third kappa shape index (κ3) is 2.53. The molecule has 1 heterocycles. The van der Waals surface area contributed by atoms with Gasteiger partial charge in [-0.1, -0.05) is 0 Å². The fraction of sp³-hybridized carbons (Fsp3) is 0.833. The molecule has 0 aromatic rings. The maximum absolute atomic E-state index is 11.8. The fourth-order valence-electron chi connectivity index (χ4n) is 2.60. The van der Waals surface area contributed by atoms with Gasteiger partial charge in [0.25, 0.3) is 0 Å². The van der Waals surface area contributed by atoms with E-state index in [0.717, 1.165) is 6.42 Å². The van der Waals surface area contributed by atoms with Crippen LogP contribution in [0.3, 0.4) is 0 Å². The van der Waals surface area contributed by atoms with Crippen LogP contribution in [0, 0.1) is 17.8 Å². The number of aliphatic carboxylic acids is 1. The van der Waals surface area contributed by atoms with Crippen LogP contribution in [-0.2, 0) is 9.53 Å². The molecule has 5 heteroatoms. The zero-order chi connectivity index (χ0) is 12.8. The lowest BCUT2D eigenvalue weighted by atomic mass is 10.1. The molecule has 2 rings (SSSR count). The predicted octanol–water partition coefficient (Wildman–Crippen LogP) is 1.57. The fourth-order valence-corrected chi connectivity index (χ4v) is 2.60. The summed E-state index contributed by atoms with van der Waals surface area (Å²) in [6, 6.07) is 0. The van der Waals surface area contributed by atoms with Crippen molar-refractivity contribution in [2.45, 2.75) is 32.8 Å². The Balaban J connectivity index is 1.90. The molecule has 5 nitrogen and oxygen atoms in total. The van der Waals surface area contributed by atoms with Gasteiger partial charge < -0.3 is 14.7 Å². The molecule has 1 aliphatic carbocycles. The van der Waals surface area contributed by atoms with E-state index in [1.807, 2.05) is 20.8 Å². The summed E-state index contributed by atoms with van der Waals surface area (Å²) in [7, 11) is 0. The van der Waals surface area contributed by atoms with Crippen molar-refractivity contribution in [2.75, 3.05) is 13.1 Å². The maximum atomic E-state index is 11.8. The van der Waals surface area contributed by atoms with E-state index < -0.39 is 11.6 Å². The average molecular weight is 241 g/mol. The van der Waals surface area contributed by atoms with E-state index in [2.05, 4.69) is 0 Å². The summed E-state index contributed by atoms with van der Waals surface area (Å²) in [5, 5.41) is 8.96. The van der Waals surface area contributed by atoms with Crippen LogP contribution in [0.1, 0.15) is 27.2 Å². The Kier molecular flexibility index (Phi) is 2.79. The van der Waals surface area contributed by atoms with E-state index in [4.69, 9.17) is 9.84 Å². The number of carboxylic acids is 1. The Bertz CT molecular complexity index is 347. The molecule has 1 saturated carbocycles. The van der Waals surface area contributed by atoms with Crippen LogP contribution < -0.4 is 0 Å². The summed E-state index contributed by atoms with van der Waals surface area (Å²) in [4.78, 5) is 24.3. The van der Waals surface area contributed by atoms with Gasteiger partial charge >= 0.3 is 12.1 Å². The first-order chi connectivity index (χ1) is 7.79. The van der Waals surface area contributed by atoms with Crippen LogP contribution in [0.5, 0.6) is 0 Å². The standard InChI is InChI=1S/C12H19NO4/c1-12(2,3)17-11(16)13-5-4-7-8(6-13)9(7)10(14)15/h7-9H,4-6H2,1-3H3,(H,14,15)/t7-,8+,9-/m0/s1. The first kappa shape index (κ1) is 12.2. The highest BCUT2D eigenvalue weighted by Crippen LogP contribution is 2.51. The smallest absolute Gasteiger partial charge is 0.410 e. The molecule has 3 atom stereocenters. The number of carboxylic acid groups (broad SMARTS) is 1. The Labute approximate surface area is 101 Å². The summed E-state index contributed by atoms with van der Waals surface area (Å²) in [5.74, 6) is -0.576. The molecule has 1 N–H and O–H groups in total. The van der Waals surface area contributed by atoms with Gasteiger partial charge in [0.2, 0.25) is 0 Å². The lowest BCUT2D eigenvalue weighted by molar-refractivity contribution is -0.139. The number of fused-ring (bicyclic) bond motifs is 1. The molecule has 0 spiro atoms. The summed E-state index contributed by atoms with van der Waals surface area (Å²) >= 11 is 0. The second-order valence-corrected chi connectivity index (χ2v) is 5.91. The lowest BCUT2D eigenvalue weighted by Crippen LogP contribution is -2.40. The topological polar surface area (TPSA) is 66.8 Å². The highest BCUT2D eigenvalue weighted by Gasteiger charge is 2.57. The van der Waals surface area contributed by atoms with Crippen molar-refractivity contribution < 1.29 is 19.4 Å². The van der Waals surface area contributed by atoms with E-state index in [0.29, 0.717) is 13.1 Å². The molecule has 2 aliphatic rings. The second kappa shape index (κ2) is 3.89. The van der Waals surface area contributed by atoms with Gasteiger partial charge in [0, 0.05) is 13.1 Å². The zero-order valence-electron chi connectivity index (χ0n) is 10.5. The molecule has 0 aromatic carbocycles. The van der Waals surface area contributed by atoms with Crippen molar-refractivity contribution in [3.63, 3.8) is 0 Å². The molecule has 1 amide bonds. The zero-order valence-corrected chi connectivity index (χ0v) is 10.5. The normalized spacial score (nSPS) is 31.7. The summed E-state index contributed by atoms with van der Waals surface area (Å²) < 4.78 is 5.28.